The molecule has 0 aromatic heterocycles. The van der Waals surface area contributed by atoms with Crippen LogP contribution in [0.2, 0.25) is 0 Å². The van der Waals surface area contributed by atoms with Crippen LogP contribution in [0.4, 0.5) is 0 Å². The van der Waals surface area contributed by atoms with Gasteiger partial charge in [-0.3, -0.25) is 62.7 Å². The van der Waals surface area contributed by atoms with Gasteiger partial charge in [0.1, 0.15) is 48.3 Å². The Labute approximate surface area is 457 Å². The van der Waals surface area contributed by atoms with Crippen LogP contribution in [0.25, 0.3) is 0 Å². The molecule has 0 spiro atoms. The fourth-order valence-corrected chi connectivity index (χ4v) is 8.54. The predicted molar refractivity (Wildman–Crippen MR) is 289 cm³/mol. The highest BCUT2D eigenvalue weighted by Gasteiger charge is 2.40. The number of rotatable bonds is 33. The number of guanidine groups is 2. The molecule has 20 N–H and O–H groups in total. The molecule has 0 saturated carbocycles. The largest absolute Gasteiger partial charge is 0.481 e. The summed E-state index contributed by atoms with van der Waals surface area (Å²) in [5, 5.41) is 27.5. The minimum absolute atomic E-state index is 0.0268. The van der Waals surface area contributed by atoms with E-state index in [0.717, 1.165) is 6.92 Å². The molecule has 0 unspecified atom stereocenters. The molecule has 28 nitrogen and oxygen atoms in total. The third kappa shape index (κ3) is 23.5. The first-order chi connectivity index (χ1) is 37.3. The van der Waals surface area contributed by atoms with Crippen LogP contribution in [0.1, 0.15) is 89.7 Å². The van der Waals surface area contributed by atoms with Crippen molar-refractivity contribution in [1.82, 2.24) is 42.1 Å². The summed E-state index contributed by atoms with van der Waals surface area (Å²) in [7, 11) is 0. The van der Waals surface area contributed by atoms with Crippen LogP contribution < -0.4 is 71.6 Å². The molecule has 2 aromatic carbocycles. The van der Waals surface area contributed by atoms with Crippen molar-refractivity contribution in [3.63, 3.8) is 0 Å². The van der Waals surface area contributed by atoms with Crippen molar-refractivity contribution < 1.29 is 57.8 Å². The molecule has 1 heterocycles. The van der Waals surface area contributed by atoms with Gasteiger partial charge in [0.25, 0.3) is 0 Å². The van der Waals surface area contributed by atoms with E-state index < -0.39 is 126 Å². The Morgan fingerprint density at radius 1 is 0.570 bits per heavy atom. The average Bonchev–Trinajstić information content (AvgIpc) is 3.88. The lowest BCUT2D eigenvalue weighted by molar-refractivity contribution is -0.143. The number of aliphatic carboxylic acids is 1. The topological polar surface area (TPSA) is 476 Å². The van der Waals surface area contributed by atoms with Crippen molar-refractivity contribution in [3.05, 3.63) is 71.8 Å². The first kappa shape index (κ1) is 64.4. The van der Waals surface area contributed by atoms with Gasteiger partial charge in [0, 0.05) is 39.4 Å². The van der Waals surface area contributed by atoms with Gasteiger partial charge < -0.3 is 81.6 Å². The summed E-state index contributed by atoms with van der Waals surface area (Å²) in [4.78, 5) is 156. The zero-order valence-electron chi connectivity index (χ0n) is 44.6. The van der Waals surface area contributed by atoms with E-state index in [1.54, 1.807) is 74.5 Å². The van der Waals surface area contributed by atoms with E-state index in [1.807, 2.05) is 0 Å². The van der Waals surface area contributed by atoms with Crippen molar-refractivity contribution in [2.45, 2.75) is 140 Å². The summed E-state index contributed by atoms with van der Waals surface area (Å²) in [5.41, 5.74) is 33.9. The van der Waals surface area contributed by atoms with Gasteiger partial charge in [0.2, 0.25) is 59.1 Å². The lowest BCUT2D eigenvalue weighted by atomic mass is 9.99. The molecule has 8 atom stereocenters. The fraction of sp³-hybridized carbons (Fsp3) is 0.510. The number of nitrogens with two attached hydrogens (primary N) is 6. The molecule has 79 heavy (non-hydrogen) atoms. The lowest BCUT2D eigenvalue weighted by Crippen LogP contribution is -2.60. The smallest absolute Gasteiger partial charge is 0.305 e. The van der Waals surface area contributed by atoms with Gasteiger partial charge in [-0.2, -0.15) is 0 Å². The Bertz CT molecular complexity index is 2490. The normalized spacial score (nSPS) is 15.4. The first-order valence-corrected chi connectivity index (χ1v) is 25.7. The van der Waals surface area contributed by atoms with Crippen LogP contribution in [-0.4, -0.2) is 155 Å². The van der Waals surface area contributed by atoms with E-state index in [-0.39, 0.29) is 88.8 Å². The summed E-state index contributed by atoms with van der Waals surface area (Å²) in [6.07, 6.45) is -1.01. The zero-order valence-corrected chi connectivity index (χ0v) is 44.6. The Kier molecular flexibility index (Phi) is 26.6. The standard InChI is InChI=1S/C51H76N16O12/c1-28(2)23-35(64-46(76)37(25-31-15-8-5-9-16-31)66-47(77)38(27-41(70)71)60-29(3)68)44(74)65-36(24-30-13-6-4-7-14-30)45(75)62-33(18-11-21-59-51(56)57)49(79)67-22-12-19-39(67)48(78)61-32(17-10-20-58-50(54)55)43(73)63-34(42(53)72)26-40(52)69/h4-9,13-16,28,32-39H,10-12,17-27H2,1-3H3,(H2,52,69)(H2,53,72)(H,60,68)(H,61,78)(H,62,75)(H,63,73)(H,64,76)(H,65,74)(H,66,77)(H,70,71)(H4,54,55,58)(H4,56,57,59)/t32-,33-,34-,35-,36-,37-,38-,39-/m0/s1. The monoisotopic (exact) mass is 1100 g/mol. The maximum Gasteiger partial charge on any atom is 0.305 e. The summed E-state index contributed by atoms with van der Waals surface area (Å²) in [6.45, 7) is 4.79. The minimum Gasteiger partial charge on any atom is -0.481 e. The number of nitrogens with one attached hydrogen (secondary N) is 7. The molecule has 0 bridgehead atoms. The zero-order chi connectivity index (χ0) is 58.8. The quantitative estimate of drug-likeness (QED) is 0.0183. The summed E-state index contributed by atoms with van der Waals surface area (Å²) in [6, 6.07) is 6.03. The van der Waals surface area contributed by atoms with Gasteiger partial charge in [-0.15, -0.1) is 0 Å². The molecule has 0 aliphatic carbocycles. The van der Waals surface area contributed by atoms with Gasteiger partial charge in [0.05, 0.1) is 12.8 Å². The third-order valence-electron chi connectivity index (χ3n) is 12.3. The molecule has 28 heteroatoms. The van der Waals surface area contributed by atoms with E-state index in [0.29, 0.717) is 17.5 Å². The molecular formula is C51H76N16O12. The second-order valence-corrected chi connectivity index (χ2v) is 19.4. The molecule has 1 aliphatic rings. The number of amides is 10. The van der Waals surface area contributed by atoms with E-state index in [9.17, 15) is 57.8 Å². The number of carbonyl (C=O) groups is 11. The van der Waals surface area contributed by atoms with Crippen LogP contribution in [0.15, 0.2) is 70.6 Å². The highest BCUT2D eigenvalue weighted by atomic mass is 16.4. The Morgan fingerprint density at radius 3 is 1.47 bits per heavy atom. The third-order valence-corrected chi connectivity index (χ3v) is 12.3. The number of carboxylic acid groups (broad SMARTS) is 1. The Morgan fingerprint density at radius 2 is 1.01 bits per heavy atom. The van der Waals surface area contributed by atoms with Gasteiger partial charge in [0.15, 0.2) is 11.9 Å². The second kappa shape index (κ2) is 32.7. The fourth-order valence-electron chi connectivity index (χ4n) is 8.54. The molecule has 0 radical (unpaired) electrons. The molecule has 1 saturated heterocycles. The molecule has 3 rings (SSSR count). The molecule has 1 fully saturated rings. The van der Waals surface area contributed by atoms with Gasteiger partial charge in [-0.25, -0.2) is 0 Å². The van der Waals surface area contributed by atoms with E-state index in [4.69, 9.17) is 34.4 Å². The number of carboxylic acids is 1. The molecular weight excluding hydrogens is 1030 g/mol. The average molecular weight is 1110 g/mol. The second-order valence-electron chi connectivity index (χ2n) is 19.4. The van der Waals surface area contributed by atoms with Crippen molar-refractivity contribution in [1.29, 1.82) is 0 Å². The van der Waals surface area contributed by atoms with Gasteiger partial charge in [-0.05, 0) is 62.0 Å². The number of benzene rings is 2. The maximum absolute atomic E-state index is 14.7. The SMILES string of the molecule is CC(=O)N[C@@H](CC(=O)O)C(=O)N[C@@H](Cc1ccccc1)C(=O)N[C@@H](CC(C)C)C(=O)N[C@@H](Cc1ccccc1)C(=O)N[C@@H](CCCN=C(N)N)C(=O)N1CCC[C@H]1C(=O)N[C@@H](CCCN=C(N)N)C(=O)N[C@@H](CC(N)=O)C(N)=O. The number of aliphatic imine (C=N–C) groups is 2. The molecule has 432 valence electrons. The van der Waals surface area contributed by atoms with Crippen LogP contribution >= 0.6 is 0 Å². The van der Waals surface area contributed by atoms with Crippen LogP contribution in [0.5, 0.6) is 0 Å². The molecule has 1 aliphatic heterocycles. The molecule has 2 aromatic rings. The highest BCUT2D eigenvalue weighted by molar-refractivity contribution is 5.99. The molecule has 10 amide bonds. The number of primary amides is 2. The van der Waals surface area contributed by atoms with Crippen molar-refractivity contribution in [2.24, 2.45) is 50.3 Å². The van der Waals surface area contributed by atoms with E-state index in [2.05, 4.69) is 47.2 Å². The number of nitrogens with zero attached hydrogens (tertiary/aromatic N) is 3. The summed E-state index contributed by atoms with van der Waals surface area (Å²) >= 11 is 0. The maximum atomic E-state index is 14.7. The highest BCUT2D eigenvalue weighted by Crippen LogP contribution is 2.21. The summed E-state index contributed by atoms with van der Waals surface area (Å²) in [5.74, 6) is -10.6. The first-order valence-electron chi connectivity index (χ1n) is 25.7. The van der Waals surface area contributed by atoms with Crippen LogP contribution in [-0.2, 0) is 65.6 Å². The Hall–Kier alpha value is -8.85. The number of hydrogen-bond acceptors (Lipinski definition) is 13. The van der Waals surface area contributed by atoms with Crippen LogP contribution in [0.3, 0.4) is 0 Å². The number of carbonyl (C=O) groups excluding carboxylic acids is 10. The predicted octanol–water partition coefficient (Wildman–Crippen LogP) is -4.14. The lowest BCUT2D eigenvalue weighted by Gasteiger charge is -2.31. The van der Waals surface area contributed by atoms with E-state index >= 15 is 0 Å². The van der Waals surface area contributed by atoms with Crippen LogP contribution in [0, 0.1) is 5.92 Å². The van der Waals surface area contributed by atoms with Crippen molar-refractivity contribution in [2.75, 3.05) is 19.6 Å². The van der Waals surface area contributed by atoms with Crippen molar-refractivity contribution >= 4 is 77.0 Å². The Balaban J connectivity index is 1.99. The summed E-state index contributed by atoms with van der Waals surface area (Å²) < 4.78 is 0. The number of hydrogen-bond donors (Lipinski definition) is 14. The van der Waals surface area contributed by atoms with Gasteiger partial charge in [-0.1, -0.05) is 74.5 Å². The van der Waals surface area contributed by atoms with Crippen molar-refractivity contribution in [3.8, 4) is 0 Å². The number of likely N-dealkylation sites (tertiary alicyclic amines) is 1. The van der Waals surface area contributed by atoms with Gasteiger partial charge >= 0.3 is 5.97 Å². The van der Waals surface area contributed by atoms with E-state index in [1.165, 1.54) is 4.90 Å². The minimum atomic E-state index is -1.55.